The molecular formula is C16H26N2O4S. The molecule has 0 heterocycles. The zero-order chi connectivity index (χ0) is 17.5. The van der Waals surface area contributed by atoms with Crippen LogP contribution in [0.25, 0.3) is 0 Å². The molecule has 1 aromatic carbocycles. The second-order valence-electron chi connectivity index (χ2n) is 6.05. The van der Waals surface area contributed by atoms with Gasteiger partial charge in [-0.1, -0.05) is 12.8 Å². The number of amides is 1. The Labute approximate surface area is 143 Å². The molecule has 0 aliphatic rings. The van der Waals surface area contributed by atoms with Crippen LogP contribution < -0.4 is 14.8 Å². The summed E-state index contributed by atoms with van der Waals surface area (Å²) in [5.74, 6) is 0.669. The number of aryl methyl sites for hydroxylation is 1. The SMILES string of the molecule is CC(C)(C)OC(=O)N(S)c1ccc(OCCO)c(CCCN)c1. The number of aliphatic hydroxyl groups excluding tert-OH is 1. The van der Waals surface area contributed by atoms with Crippen molar-refractivity contribution in [3.8, 4) is 5.75 Å². The van der Waals surface area contributed by atoms with E-state index in [0.717, 1.165) is 16.3 Å². The zero-order valence-electron chi connectivity index (χ0n) is 13.9. The molecule has 1 aromatic rings. The maximum Gasteiger partial charge on any atom is 0.424 e. The van der Waals surface area contributed by atoms with Gasteiger partial charge in [0.1, 0.15) is 18.0 Å². The second-order valence-corrected chi connectivity index (χ2v) is 6.45. The first kappa shape index (κ1) is 19.6. The van der Waals surface area contributed by atoms with Gasteiger partial charge in [-0.3, -0.25) is 0 Å². The third-order valence-corrected chi connectivity index (χ3v) is 3.25. The molecule has 6 nitrogen and oxygen atoms in total. The predicted molar refractivity (Wildman–Crippen MR) is 94.1 cm³/mol. The number of rotatable bonds is 7. The third-order valence-electron chi connectivity index (χ3n) is 2.85. The summed E-state index contributed by atoms with van der Waals surface area (Å²) >= 11 is 4.22. The van der Waals surface area contributed by atoms with E-state index in [4.69, 9.17) is 20.3 Å². The fourth-order valence-electron chi connectivity index (χ4n) is 1.89. The number of hydrogen-bond acceptors (Lipinski definition) is 6. The summed E-state index contributed by atoms with van der Waals surface area (Å²) in [6.07, 6.45) is 0.952. The Kier molecular flexibility index (Phi) is 7.67. The number of anilines is 1. The highest BCUT2D eigenvalue weighted by atomic mass is 32.1. The van der Waals surface area contributed by atoms with E-state index in [0.29, 0.717) is 24.4 Å². The zero-order valence-corrected chi connectivity index (χ0v) is 14.8. The van der Waals surface area contributed by atoms with Crippen LogP contribution in [-0.2, 0) is 11.2 Å². The Hall–Kier alpha value is -1.44. The fraction of sp³-hybridized carbons (Fsp3) is 0.562. The molecule has 23 heavy (non-hydrogen) atoms. The molecule has 1 rings (SSSR count). The average molecular weight is 342 g/mol. The van der Waals surface area contributed by atoms with Gasteiger partial charge in [0.05, 0.1) is 12.3 Å². The van der Waals surface area contributed by atoms with Crippen molar-refractivity contribution < 1.29 is 19.4 Å². The van der Waals surface area contributed by atoms with Crippen molar-refractivity contribution in [2.24, 2.45) is 5.73 Å². The first-order valence-corrected chi connectivity index (χ1v) is 7.97. The molecule has 0 spiro atoms. The topological polar surface area (TPSA) is 85.0 Å². The van der Waals surface area contributed by atoms with Crippen LogP contribution in [0.2, 0.25) is 0 Å². The average Bonchev–Trinajstić information content (AvgIpc) is 2.48. The van der Waals surface area contributed by atoms with E-state index < -0.39 is 11.7 Å². The molecule has 0 saturated heterocycles. The van der Waals surface area contributed by atoms with Crippen LogP contribution in [0.3, 0.4) is 0 Å². The van der Waals surface area contributed by atoms with Gasteiger partial charge in [-0.25, -0.2) is 9.10 Å². The number of carbonyl (C=O) groups excluding carboxylic acids is 1. The molecule has 0 aromatic heterocycles. The third kappa shape index (κ3) is 6.68. The first-order chi connectivity index (χ1) is 10.8. The lowest BCUT2D eigenvalue weighted by atomic mass is 10.1. The molecule has 0 aliphatic heterocycles. The molecule has 7 heteroatoms. The monoisotopic (exact) mass is 342 g/mol. The van der Waals surface area contributed by atoms with Crippen LogP contribution in [0, 0.1) is 0 Å². The standard InChI is InChI=1S/C16H26N2O4S/c1-16(2,3)22-15(20)18(23)13-6-7-14(21-10-9-19)12(11-13)5-4-8-17/h6-7,11,19,23H,4-5,8-10,17H2,1-3H3. The lowest BCUT2D eigenvalue weighted by Crippen LogP contribution is -2.31. The lowest BCUT2D eigenvalue weighted by Gasteiger charge is -2.24. The van der Waals surface area contributed by atoms with Crippen molar-refractivity contribution in [1.29, 1.82) is 0 Å². The van der Waals surface area contributed by atoms with Crippen molar-refractivity contribution in [3.63, 3.8) is 0 Å². The minimum Gasteiger partial charge on any atom is -0.491 e. The largest absolute Gasteiger partial charge is 0.491 e. The number of aliphatic hydroxyl groups is 1. The minimum atomic E-state index is -0.593. The number of ether oxygens (including phenoxy) is 2. The van der Waals surface area contributed by atoms with Crippen molar-refractivity contribution >= 4 is 24.6 Å². The highest BCUT2D eigenvalue weighted by Gasteiger charge is 2.22. The predicted octanol–water partition coefficient (Wildman–Crippen LogP) is 2.54. The lowest BCUT2D eigenvalue weighted by molar-refractivity contribution is 0.0612. The first-order valence-electron chi connectivity index (χ1n) is 7.57. The Balaban J connectivity index is 2.95. The van der Waals surface area contributed by atoms with E-state index >= 15 is 0 Å². The highest BCUT2D eigenvalue weighted by Crippen LogP contribution is 2.28. The molecule has 3 N–H and O–H groups in total. The molecule has 0 bridgehead atoms. The van der Waals surface area contributed by atoms with Gasteiger partial charge in [0.15, 0.2) is 0 Å². The minimum absolute atomic E-state index is 0.0608. The van der Waals surface area contributed by atoms with E-state index in [2.05, 4.69) is 12.8 Å². The van der Waals surface area contributed by atoms with Gasteiger partial charge >= 0.3 is 6.09 Å². The molecule has 0 atom stereocenters. The van der Waals surface area contributed by atoms with Crippen molar-refractivity contribution in [2.45, 2.75) is 39.2 Å². The van der Waals surface area contributed by atoms with Crippen LogP contribution in [0.5, 0.6) is 5.75 Å². The van der Waals surface area contributed by atoms with Crippen LogP contribution in [0.15, 0.2) is 18.2 Å². The van der Waals surface area contributed by atoms with Gasteiger partial charge < -0.3 is 20.3 Å². The van der Waals surface area contributed by atoms with Gasteiger partial charge in [-0.05, 0) is 63.9 Å². The molecule has 0 unspecified atom stereocenters. The van der Waals surface area contributed by atoms with E-state index in [1.807, 2.05) is 6.07 Å². The number of carbonyl (C=O) groups is 1. The summed E-state index contributed by atoms with van der Waals surface area (Å²) < 4.78 is 12.0. The summed E-state index contributed by atoms with van der Waals surface area (Å²) in [4.78, 5) is 12.1. The molecule has 130 valence electrons. The molecule has 0 saturated carbocycles. The Morgan fingerprint density at radius 1 is 1.39 bits per heavy atom. The van der Waals surface area contributed by atoms with Gasteiger partial charge in [-0.2, -0.15) is 0 Å². The molecule has 0 aliphatic carbocycles. The van der Waals surface area contributed by atoms with Crippen LogP contribution in [-0.4, -0.2) is 36.6 Å². The van der Waals surface area contributed by atoms with Crippen LogP contribution in [0.4, 0.5) is 10.5 Å². The Morgan fingerprint density at radius 2 is 2.09 bits per heavy atom. The van der Waals surface area contributed by atoms with Crippen molar-refractivity contribution in [3.05, 3.63) is 23.8 Å². The highest BCUT2D eigenvalue weighted by molar-refractivity contribution is 7.82. The van der Waals surface area contributed by atoms with E-state index in [1.165, 1.54) is 0 Å². The maximum absolute atomic E-state index is 12.1. The summed E-state index contributed by atoms with van der Waals surface area (Å²) in [7, 11) is 0. The van der Waals surface area contributed by atoms with Crippen molar-refractivity contribution in [1.82, 2.24) is 0 Å². The summed E-state index contributed by atoms with van der Waals surface area (Å²) in [5, 5.41) is 8.89. The maximum atomic E-state index is 12.1. The second kappa shape index (κ2) is 9.00. The molecular weight excluding hydrogens is 316 g/mol. The number of hydrogen-bond donors (Lipinski definition) is 3. The quantitative estimate of drug-likeness (QED) is 0.663. The number of nitrogens with zero attached hydrogens (tertiary/aromatic N) is 1. The van der Waals surface area contributed by atoms with E-state index in [9.17, 15) is 4.79 Å². The Morgan fingerprint density at radius 3 is 2.65 bits per heavy atom. The van der Waals surface area contributed by atoms with Gasteiger partial charge in [0, 0.05) is 0 Å². The van der Waals surface area contributed by atoms with Crippen LogP contribution >= 0.6 is 12.8 Å². The summed E-state index contributed by atoms with van der Waals surface area (Å²) in [5.41, 5.74) is 6.46. The van der Waals surface area contributed by atoms with E-state index in [1.54, 1.807) is 32.9 Å². The van der Waals surface area contributed by atoms with Crippen LogP contribution in [0.1, 0.15) is 32.8 Å². The number of thiol groups is 1. The normalized spacial score (nSPS) is 11.2. The van der Waals surface area contributed by atoms with Gasteiger partial charge in [0.2, 0.25) is 0 Å². The molecule has 1 amide bonds. The van der Waals surface area contributed by atoms with Gasteiger partial charge in [0.25, 0.3) is 0 Å². The Bertz CT molecular complexity index is 517. The molecule has 0 radical (unpaired) electrons. The molecule has 0 fully saturated rings. The van der Waals surface area contributed by atoms with Crippen molar-refractivity contribution in [2.75, 3.05) is 24.1 Å². The van der Waals surface area contributed by atoms with Gasteiger partial charge in [-0.15, -0.1) is 0 Å². The summed E-state index contributed by atoms with van der Waals surface area (Å²) in [6, 6.07) is 5.29. The number of benzene rings is 1. The summed E-state index contributed by atoms with van der Waals surface area (Å²) in [6.45, 7) is 6.10. The number of nitrogens with two attached hydrogens (primary N) is 1. The fourth-order valence-corrected chi connectivity index (χ4v) is 2.06. The van der Waals surface area contributed by atoms with E-state index in [-0.39, 0.29) is 13.2 Å². The smallest absolute Gasteiger partial charge is 0.424 e.